The molecule has 0 aromatic carbocycles. The highest BCUT2D eigenvalue weighted by atomic mass is 16.2. The van der Waals surface area contributed by atoms with Crippen molar-refractivity contribution in [1.82, 2.24) is 15.5 Å². The average molecular weight is 222 g/mol. The summed E-state index contributed by atoms with van der Waals surface area (Å²) in [4.78, 5) is 33.2. The molecule has 1 aromatic heterocycles. The fourth-order valence-electron chi connectivity index (χ4n) is 1.43. The lowest BCUT2D eigenvalue weighted by molar-refractivity contribution is -0.123. The summed E-state index contributed by atoms with van der Waals surface area (Å²) in [5.41, 5.74) is -0.337. The smallest absolute Gasteiger partial charge is 0.264 e. The minimum Gasteiger partial charge on any atom is -0.355 e. The second-order valence-corrected chi connectivity index (χ2v) is 3.50. The van der Waals surface area contributed by atoms with Crippen LogP contribution in [0.4, 0.5) is 5.82 Å². The number of carbonyl (C=O) groups is 2. The molecule has 7 nitrogen and oxygen atoms in total. The maximum atomic E-state index is 11.6. The maximum absolute atomic E-state index is 11.6. The molecule has 1 unspecified atom stereocenters. The monoisotopic (exact) mass is 222 g/mol. The number of hydrogen-bond acceptors (Lipinski definition) is 4. The summed E-state index contributed by atoms with van der Waals surface area (Å²) in [6.45, 7) is 0.341. The van der Waals surface area contributed by atoms with Crippen molar-refractivity contribution in [2.75, 3.05) is 11.9 Å². The van der Waals surface area contributed by atoms with Gasteiger partial charge in [0.05, 0.1) is 5.92 Å². The largest absolute Gasteiger partial charge is 0.355 e. The summed E-state index contributed by atoms with van der Waals surface area (Å²) in [5, 5.41) is 10.9. The van der Waals surface area contributed by atoms with Gasteiger partial charge in [0, 0.05) is 19.0 Å². The van der Waals surface area contributed by atoms with E-state index >= 15 is 0 Å². The molecule has 0 bridgehead atoms. The predicted molar refractivity (Wildman–Crippen MR) is 54.6 cm³/mol. The summed E-state index contributed by atoms with van der Waals surface area (Å²) in [6.07, 6.45) is 0.190. The van der Waals surface area contributed by atoms with E-state index < -0.39 is 0 Å². The van der Waals surface area contributed by atoms with Gasteiger partial charge in [-0.25, -0.2) is 5.10 Å². The molecule has 1 fully saturated rings. The molecule has 3 N–H and O–H groups in total. The lowest BCUT2D eigenvalue weighted by Crippen LogP contribution is -2.25. The van der Waals surface area contributed by atoms with Crippen molar-refractivity contribution < 1.29 is 9.59 Å². The van der Waals surface area contributed by atoms with Gasteiger partial charge in [-0.05, 0) is 6.07 Å². The van der Waals surface area contributed by atoms with Gasteiger partial charge in [0.1, 0.15) is 0 Å². The van der Waals surface area contributed by atoms with Gasteiger partial charge in [-0.2, -0.15) is 5.10 Å². The zero-order valence-electron chi connectivity index (χ0n) is 8.32. The first-order valence-corrected chi connectivity index (χ1v) is 4.78. The van der Waals surface area contributed by atoms with Crippen LogP contribution in [0.3, 0.4) is 0 Å². The van der Waals surface area contributed by atoms with Crippen molar-refractivity contribution in [3.05, 3.63) is 22.5 Å². The Morgan fingerprint density at radius 1 is 1.44 bits per heavy atom. The van der Waals surface area contributed by atoms with Gasteiger partial charge in [-0.1, -0.05) is 0 Å². The second-order valence-electron chi connectivity index (χ2n) is 3.50. The Hall–Kier alpha value is -2.18. The van der Waals surface area contributed by atoms with E-state index in [-0.39, 0.29) is 35.5 Å². The van der Waals surface area contributed by atoms with Crippen molar-refractivity contribution in [2.24, 2.45) is 5.92 Å². The van der Waals surface area contributed by atoms with Gasteiger partial charge in [0.2, 0.25) is 11.8 Å². The third kappa shape index (κ3) is 2.25. The Morgan fingerprint density at radius 2 is 2.25 bits per heavy atom. The highest BCUT2D eigenvalue weighted by Gasteiger charge is 2.27. The molecule has 1 aliphatic rings. The summed E-state index contributed by atoms with van der Waals surface area (Å²) in [7, 11) is 0. The number of H-pyrrole nitrogens is 1. The van der Waals surface area contributed by atoms with E-state index in [4.69, 9.17) is 0 Å². The summed E-state index contributed by atoms with van der Waals surface area (Å²) in [5.74, 6) is -0.516. The number of aromatic nitrogens is 2. The first-order chi connectivity index (χ1) is 7.65. The normalized spacial score (nSPS) is 19.2. The lowest BCUT2D eigenvalue weighted by Gasteiger charge is -2.07. The van der Waals surface area contributed by atoms with E-state index in [1.54, 1.807) is 0 Å². The van der Waals surface area contributed by atoms with Crippen LogP contribution in [-0.4, -0.2) is 28.6 Å². The van der Waals surface area contributed by atoms with Crippen molar-refractivity contribution >= 4 is 17.6 Å². The van der Waals surface area contributed by atoms with E-state index in [1.807, 2.05) is 0 Å². The fourth-order valence-corrected chi connectivity index (χ4v) is 1.43. The van der Waals surface area contributed by atoms with E-state index in [9.17, 15) is 14.4 Å². The van der Waals surface area contributed by atoms with Crippen LogP contribution < -0.4 is 16.2 Å². The van der Waals surface area contributed by atoms with Crippen LogP contribution in [0.2, 0.25) is 0 Å². The molecule has 2 amide bonds. The Labute approximate surface area is 90.2 Å². The standard InChI is InChI=1S/C9H10N4O3/c14-7-2-1-6(12-13-7)11-9(16)5-3-8(15)10-4-5/h1-2,5H,3-4H2,(H,10,15)(H,13,14)(H,11,12,16). The zero-order valence-corrected chi connectivity index (χ0v) is 8.32. The third-order valence-electron chi connectivity index (χ3n) is 2.28. The molecule has 0 aliphatic carbocycles. The molecule has 84 valence electrons. The highest BCUT2D eigenvalue weighted by Crippen LogP contribution is 2.11. The first-order valence-electron chi connectivity index (χ1n) is 4.78. The van der Waals surface area contributed by atoms with Gasteiger partial charge >= 0.3 is 0 Å². The molecule has 1 atom stereocenters. The minimum atomic E-state index is -0.374. The van der Waals surface area contributed by atoms with Crippen LogP contribution in [0.5, 0.6) is 0 Å². The Bertz CT molecular complexity index is 461. The molecule has 1 aromatic rings. The van der Waals surface area contributed by atoms with E-state index in [0.717, 1.165) is 0 Å². The second kappa shape index (κ2) is 4.13. The number of carbonyl (C=O) groups excluding carboxylic acids is 2. The highest BCUT2D eigenvalue weighted by molar-refractivity contribution is 5.96. The van der Waals surface area contributed by atoms with Crippen LogP contribution in [0.25, 0.3) is 0 Å². The molecule has 0 saturated carbocycles. The summed E-state index contributed by atoms with van der Waals surface area (Å²) >= 11 is 0. The van der Waals surface area contributed by atoms with Gasteiger partial charge < -0.3 is 10.6 Å². The van der Waals surface area contributed by atoms with Crippen molar-refractivity contribution in [2.45, 2.75) is 6.42 Å². The van der Waals surface area contributed by atoms with Gasteiger partial charge in [-0.3, -0.25) is 14.4 Å². The molecule has 7 heteroatoms. The van der Waals surface area contributed by atoms with Crippen LogP contribution >= 0.6 is 0 Å². The molecule has 1 aliphatic heterocycles. The molecular formula is C9H10N4O3. The van der Waals surface area contributed by atoms with Crippen molar-refractivity contribution in [3.63, 3.8) is 0 Å². The van der Waals surface area contributed by atoms with E-state index in [0.29, 0.717) is 6.54 Å². The number of rotatable bonds is 2. The Morgan fingerprint density at radius 3 is 2.81 bits per heavy atom. The number of anilines is 1. The quantitative estimate of drug-likeness (QED) is 0.587. The van der Waals surface area contributed by atoms with Gasteiger partial charge in [-0.15, -0.1) is 0 Å². The first kappa shape index (κ1) is 10.3. The molecule has 0 spiro atoms. The number of aromatic amines is 1. The number of amides is 2. The fraction of sp³-hybridized carbons (Fsp3) is 0.333. The van der Waals surface area contributed by atoms with Crippen LogP contribution in [-0.2, 0) is 9.59 Å². The van der Waals surface area contributed by atoms with E-state index in [1.165, 1.54) is 12.1 Å². The van der Waals surface area contributed by atoms with Gasteiger partial charge in [0.15, 0.2) is 5.82 Å². The molecule has 16 heavy (non-hydrogen) atoms. The third-order valence-corrected chi connectivity index (χ3v) is 2.28. The number of hydrogen-bond donors (Lipinski definition) is 3. The SMILES string of the molecule is O=C1CC(C(=O)Nc2ccc(=O)[nH]n2)CN1. The van der Waals surface area contributed by atoms with E-state index in [2.05, 4.69) is 20.8 Å². The average Bonchev–Trinajstić information content (AvgIpc) is 2.68. The summed E-state index contributed by atoms with van der Waals surface area (Å²) < 4.78 is 0. The zero-order chi connectivity index (χ0) is 11.5. The minimum absolute atomic E-state index is 0.130. The van der Waals surface area contributed by atoms with Crippen LogP contribution in [0, 0.1) is 5.92 Å². The number of nitrogens with one attached hydrogen (secondary N) is 3. The lowest BCUT2D eigenvalue weighted by atomic mass is 10.1. The summed E-state index contributed by atoms with van der Waals surface area (Å²) in [6, 6.07) is 2.67. The maximum Gasteiger partial charge on any atom is 0.264 e. The topological polar surface area (TPSA) is 104 Å². The molecule has 2 heterocycles. The van der Waals surface area contributed by atoms with Crippen LogP contribution in [0.1, 0.15) is 6.42 Å². The number of nitrogens with zero attached hydrogens (tertiary/aromatic N) is 1. The van der Waals surface area contributed by atoms with Crippen molar-refractivity contribution in [1.29, 1.82) is 0 Å². The molecule has 1 saturated heterocycles. The molecule has 2 rings (SSSR count). The van der Waals surface area contributed by atoms with Gasteiger partial charge in [0.25, 0.3) is 5.56 Å². The van der Waals surface area contributed by atoms with Crippen LogP contribution in [0.15, 0.2) is 16.9 Å². The Kier molecular flexibility index (Phi) is 2.67. The Balaban J connectivity index is 1.99. The molecular weight excluding hydrogens is 212 g/mol. The van der Waals surface area contributed by atoms with Crippen molar-refractivity contribution in [3.8, 4) is 0 Å². The predicted octanol–water partition coefficient (Wildman–Crippen LogP) is -1.16. The molecule has 0 radical (unpaired) electrons.